The first-order valence-corrected chi connectivity index (χ1v) is 10.3. The van der Waals surface area contributed by atoms with Gasteiger partial charge in [-0.3, -0.25) is 0 Å². The van der Waals surface area contributed by atoms with Crippen LogP contribution in [0, 0.1) is 13.8 Å². The van der Waals surface area contributed by atoms with Crippen molar-refractivity contribution in [3.8, 4) is 11.5 Å². The normalized spacial score (nSPS) is 17.8. The zero-order valence-electron chi connectivity index (χ0n) is 18.0. The Balaban J connectivity index is 1.90. The predicted octanol–water partition coefficient (Wildman–Crippen LogP) is 6.37. The van der Waals surface area contributed by atoms with Crippen LogP contribution in [0.1, 0.15) is 29.2 Å². The summed E-state index contributed by atoms with van der Waals surface area (Å²) in [6.45, 7) is 5.93. The zero-order chi connectivity index (χ0) is 22.9. The predicted molar refractivity (Wildman–Crippen MR) is 118 cm³/mol. The van der Waals surface area contributed by atoms with Gasteiger partial charge < -0.3 is 14.8 Å². The third kappa shape index (κ3) is 4.02. The minimum absolute atomic E-state index is 0.0402. The number of ether oxygens (including phenoxy) is 2. The number of amidine groups is 1. The Kier molecular flexibility index (Phi) is 5.59. The Morgan fingerprint density at radius 1 is 0.938 bits per heavy atom. The van der Waals surface area contributed by atoms with Crippen LogP contribution < -0.4 is 14.8 Å². The van der Waals surface area contributed by atoms with E-state index >= 15 is 0 Å². The number of hydrogen-bond donors (Lipinski definition) is 1. The Morgan fingerprint density at radius 2 is 1.56 bits per heavy atom. The zero-order valence-corrected chi connectivity index (χ0v) is 18.0. The number of rotatable bonds is 4. The van der Waals surface area contributed by atoms with Crippen LogP contribution in [0.25, 0.3) is 0 Å². The van der Waals surface area contributed by atoms with Gasteiger partial charge in [-0.1, -0.05) is 47.5 Å². The van der Waals surface area contributed by atoms with E-state index in [0.29, 0.717) is 23.6 Å². The van der Waals surface area contributed by atoms with E-state index in [1.165, 1.54) is 18.2 Å². The highest BCUT2D eigenvalue weighted by molar-refractivity contribution is 6.11. The van der Waals surface area contributed by atoms with Crippen LogP contribution in [0.5, 0.6) is 11.5 Å². The fraction of sp³-hybridized carbons (Fsp3) is 0.240. The lowest BCUT2D eigenvalue weighted by Crippen LogP contribution is -2.49. The highest BCUT2D eigenvalue weighted by Crippen LogP contribution is 2.48. The van der Waals surface area contributed by atoms with Crippen LogP contribution >= 0.6 is 0 Å². The smallest absolute Gasteiger partial charge is 0.455 e. The molecule has 3 aromatic rings. The van der Waals surface area contributed by atoms with E-state index in [2.05, 4.69) is 10.3 Å². The van der Waals surface area contributed by atoms with Crippen LogP contribution in [-0.4, -0.2) is 18.6 Å². The molecule has 0 fully saturated rings. The van der Waals surface area contributed by atoms with Gasteiger partial charge in [-0.2, -0.15) is 13.2 Å². The maximum absolute atomic E-state index is 14.6. The second kappa shape index (κ2) is 8.22. The minimum atomic E-state index is -4.82. The van der Waals surface area contributed by atoms with Crippen molar-refractivity contribution in [3.63, 3.8) is 0 Å². The van der Waals surface area contributed by atoms with Crippen LogP contribution in [0.15, 0.2) is 71.7 Å². The number of nitrogens with one attached hydrogen (secondary N) is 1. The second-order valence-corrected chi connectivity index (χ2v) is 7.65. The van der Waals surface area contributed by atoms with Crippen molar-refractivity contribution in [2.45, 2.75) is 32.7 Å². The Morgan fingerprint density at radius 3 is 2.16 bits per heavy atom. The lowest BCUT2D eigenvalue weighted by Gasteiger charge is -2.37. The van der Waals surface area contributed by atoms with Crippen molar-refractivity contribution in [2.24, 2.45) is 4.99 Å². The van der Waals surface area contributed by atoms with E-state index in [1.807, 2.05) is 26.0 Å². The van der Waals surface area contributed by atoms with Gasteiger partial charge in [-0.15, -0.1) is 0 Å². The summed E-state index contributed by atoms with van der Waals surface area (Å²) in [6, 6.07) is 18.2. The van der Waals surface area contributed by atoms with Gasteiger partial charge in [0.2, 0.25) is 0 Å². The number of aliphatic imine (C=N–C) groups is 1. The summed E-state index contributed by atoms with van der Waals surface area (Å²) in [5.74, 6) is 0.525. The van der Waals surface area contributed by atoms with Crippen molar-refractivity contribution < 1.29 is 22.6 Å². The van der Waals surface area contributed by atoms with Gasteiger partial charge in [0.15, 0.2) is 0 Å². The SMILES string of the molecule is CCOc1ccc2c(c1)O[C@@](c1ccc(C)cc1)(C(F)(F)F)N=C2Nc1ccc(C)cc1. The molecule has 0 spiro atoms. The van der Waals surface area contributed by atoms with Gasteiger partial charge in [-0.25, -0.2) is 4.99 Å². The molecule has 1 aliphatic rings. The standard InChI is InChI=1S/C25H23F3N2O2/c1-4-31-20-13-14-21-22(15-20)32-24(25(26,27)28,18-9-5-16(2)6-10-18)30-23(21)29-19-11-7-17(3)8-12-19/h5-15H,4H2,1-3H3,(H,29,30)/t24-/m0/s1. The van der Waals surface area contributed by atoms with Crippen LogP contribution in [0.4, 0.5) is 18.9 Å². The average molecular weight is 440 g/mol. The number of halogens is 3. The topological polar surface area (TPSA) is 42.9 Å². The first-order chi connectivity index (χ1) is 15.2. The molecule has 4 rings (SSSR count). The molecule has 1 heterocycles. The van der Waals surface area contributed by atoms with E-state index in [0.717, 1.165) is 11.1 Å². The number of fused-ring (bicyclic) bond motifs is 1. The number of hydrogen-bond acceptors (Lipinski definition) is 4. The molecular weight excluding hydrogens is 417 g/mol. The van der Waals surface area contributed by atoms with Crippen molar-refractivity contribution in [1.82, 2.24) is 0 Å². The summed E-state index contributed by atoms with van der Waals surface area (Å²) < 4.78 is 54.9. The number of benzene rings is 3. The van der Waals surface area contributed by atoms with Crippen LogP contribution in [0.3, 0.4) is 0 Å². The number of nitrogens with zero attached hydrogens (tertiary/aromatic N) is 1. The van der Waals surface area contributed by atoms with Gasteiger partial charge in [0.25, 0.3) is 0 Å². The number of alkyl halides is 3. The van der Waals surface area contributed by atoms with Gasteiger partial charge in [0.1, 0.15) is 17.3 Å². The first-order valence-electron chi connectivity index (χ1n) is 10.3. The first kappa shape index (κ1) is 21.7. The molecule has 3 aromatic carbocycles. The highest BCUT2D eigenvalue weighted by Gasteiger charge is 2.61. The van der Waals surface area contributed by atoms with Gasteiger partial charge >= 0.3 is 11.9 Å². The third-order valence-electron chi connectivity index (χ3n) is 5.19. The summed E-state index contributed by atoms with van der Waals surface area (Å²) in [5, 5.41) is 3.05. The number of aryl methyl sites for hydroxylation is 2. The van der Waals surface area contributed by atoms with Gasteiger partial charge in [-0.05, 0) is 45.0 Å². The molecule has 7 heteroatoms. The molecule has 0 aromatic heterocycles. The number of anilines is 1. The van der Waals surface area contributed by atoms with E-state index < -0.39 is 11.9 Å². The van der Waals surface area contributed by atoms with E-state index in [1.54, 1.807) is 43.3 Å². The second-order valence-electron chi connectivity index (χ2n) is 7.65. The van der Waals surface area contributed by atoms with Crippen molar-refractivity contribution >= 4 is 11.5 Å². The molecule has 0 unspecified atom stereocenters. The van der Waals surface area contributed by atoms with E-state index in [-0.39, 0.29) is 17.1 Å². The maximum atomic E-state index is 14.6. The summed E-state index contributed by atoms with van der Waals surface area (Å²) in [6.07, 6.45) is -4.82. The molecule has 1 atom stereocenters. The summed E-state index contributed by atoms with van der Waals surface area (Å²) in [4.78, 5) is 4.14. The van der Waals surface area contributed by atoms with Gasteiger partial charge in [0, 0.05) is 17.3 Å². The van der Waals surface area contributed by atoms with Gasteiger partial charge in [0.05, 0.1) is 12.2 Å². The third-order valence-corrected chi connectivity index (χ3v) is 5.19. The summed E-state index contributed by atoms with van der Waals surface area (Å²) in [5.41, 5.74) is -0.0901. The fourth-order valence-electron chi connectivity index (χ4n) is 3.50. The molecule has 166 valence electrons. The van der Waals surface area contributed by atoms with E-state index in [4.69, 9.17) is 9.47 Å². The molecule has 4 nitrogen and oxygen atoms in total. The van der Waals surface area contributed by atoms with Crippen molar-refractivity contribution in [2.75, 3.05) is 11.9 Å². The quantitative estimate of drug-likeness (QED) is 0.513. The Bertz CT molecular complexity index is 1140. The lowest BCUT2D eigenvalue weighted by molar-refractivity contribution is -0.252. The molecule has 1 N–H and O–H groups in total. The molecule has 1 aliphatic heterocycles. The molecule has 32 heavy (non-hydrogen) atoms. The average Bonchev–Trinajstić information content (AvgIpc) is 2.75. The molecule has 0 amide bonds. The molecule has 0 aliphatic carbocycles. The van der Waals surface area contributed by atoms with Crippen molar-refractivity contribution in [3.05, 3.63) is 89.0 Å². The minimum Gasteiger partial charge on any atom is -0.494 e. The van der Waals surface area contributed by atoms with Crippen LogP contribution in [-0.2, 0) is 5.72 Å². The Hall–Kier alpha value is -3.48. The monoisotopic (exact) mass is 440 g/mol. The largest absolute Gasteiger partial charge is 0.494 e. The molecule has 0 saturated carbocycles. The summed E-state index contributed by atoms with van der Waals surface area (Å²) >= 11 is 0. The highest BCUT2D eigenvalue weighted by atomic mass is 19.4. The van der Waals surface area contributed by atoms with Crippen molar-refractivity contribution in [1.29, 1.82) is 0 Å². The maximum Gasteiger partial charge on any atom is 0.455 e. The summed E-state index contributed by atoms with van der Waals surface area (Å²) in [7, 11) is 0. The molecule has 0 radical (unpaired) electrons. The lowest BCUT2D eigenvalue weighted by atomic mass is 9.98. The molecule has 0 bridgehead atoms. The van der Waals surface area contributed by atoms with Crippen LogP contribution in [0.2, 0.25) is 0 Å². The fourth-order valence-corrected chi connectivity index (χ4v) is 3.50. The van der Waals surface area contributed by atoms with E-state index in [9.17, 15) is 13.2 Å². The molecule has 0 saturated heterocycles. The Labute approximate surface area is 184 Å². The molecular formula is C25H23F3N2O2.